The second-order valence-electron chi connectivity index (χ2n) is 15.2. The second kappa shape index (κ2) is 42.6. The number of hydrogen-bond acceptors (Lipinski definition) is 11. The molecule has 14 nitrogen and oxygen atoms in total. The van der Waals surface area contributed by atoms with Crippen LogP contribution in [0.2, 0.25) is 0 Å². The van der Waals surface area contributed by atoms with Crippen molar-refractivity contribution in [2.75, 3.05) is 26.4 Å². The summed E-state index contributed by atoms with van der Waals surface area (Å²) in [7, 11) is -9.73. The fraction of sp³-hybridized carbons (Fsp3) is 0.625. The number of carbonyl (C=O) groups is 2. The monoisotopic (exact) mass is 943 g/mol. The molecule has 0 aromatic rings. The zero-order chi connectivity index (χ0) is 47.4. The molecule has 1 unspecified atom stereocenters. The van der Waals surface area contributed by atoms with E-state index in [0.717, 1.165) is 83.5 Å². The summed E-state index contributed by atoms with van der Waals surface area (Å²) < 4.78 is 47.7. The Balaban J connectivity index is 4.66. The summed E-state index contributed by atoms with van der Waals surface area (Å²) in [5, 5.41) is 19.0. The van der Waals surface area contributed by atoms with Gasteiger partial charge in [-0.3, -0.25) is 23.2 Å². The summed E-state index contributed by atoms with van der Waals surface area (Å²) in [6.45, 7) is 1.16. The van der Waals surface area contributed by atoms with E-state index in [1.165, 1.54) is 19.3 Å². The molecule has 0 aliphatic rings. The molecule has 64 heavy (non-hydrogen) atoms. The number of aliphatic hydroxyl groups excluding tert-OH is 2. The van der Waals surface area contributed by atoms with E-state index in [9.17, 15) is 33.8 Å². The van der Waals surface area contributed by atoms with Crippen molar-refractivity contribution in [1.82, 2.24) is 0 Å². The van der Waals surface area contributed by atoms with Gasteiger partial charge in [-0.1, -0.05) is 123 Å². The fourth-order valence-corrected chi connectivity index (χ4v) is 6.61. The molecule has 4 atom stereocenters. The first-order valence-corrected chi connectivity index (χ1v) is 26.0. The molecule has 5 N–H and O–H groups in total. The first-order valence-electron chi connectivity index (χ1n) is 23.0. The summed E-state index contributed by atoms with van der Waals surface area (Å²) in [6, 6.07) is 0. The molecule has 0 aromatic heterocycles. The van der Waals surface area contributed by atoms with Crippen molar-refractivity contribution in [2.45, 2.75) is 167 Å². The average Bonchev–Trinajstić information content (AvgIpc) is 3.24. The van der Waals surface area contributed by atoms with Gasteiger partial charge in [-0.05, 0) is 110 Å². The van der Waals surface area contributed by atoms with E-state index in [1.807, 2.05) is 12.2 Å². The molecule has 0 fully saturated rings. The van der Waals surface area contributed by atoms with Crippen molar-refractivity contribution in [3.05, 3.63) is 97.2 Å². The van der Waals surface area contributed by atoms with Crippen molar-refractivity contribution < 1.29 is 66.7 Å². The maximum absolute atomic E-state index is 12.7. The van der Waals surface area contributed by atoms with Crippen LogP contribution < -0.4 is 0 Å². The first-order chi connectivity index (χ1) is 30.7. The van der Waals surface area contributed by atoms with Gasteiger partial charge in [0.1, 0.15) is 12.7 Å². The SMILES string of the molecule is CCCCC/C=C\C/C=C\C/C=C\C/C=C\CCCCCC(=O)OC[C@H](COP(=O)(O)OC[C@@H](O)COP(=O)(O)O)OC(=O)CCC/C=C\C/C=C\C/C=C\C/C=C\CCC[C@H](C)O. The number of phosphoric ester groups is 2. The summed E-state index contributed by atoms with van der Waals surface area (Å²) in [6.07, 6.45) is 48.2. The van der Waals surface area contributed by atoms with Gasteiger partial charge in [-0.15, -0.1) is 0 Å². The lowest BCUT2D eigenvalue weighted by Crippen LogP contribution is -2.29. The molecule has 0 aliphatic heterocycles. The second-order valence-corrected chi connectivity index (χ2v) is 17.9. The van der Waals surface area contributed by atoms with Gasteiger partial charge in [0.2, 0.25) is 0 Å². The van der Waals surface area contributed by atoms with E-state index < -0.39 is 66.2 Å². The highest BCUT2D eigenvalue weighted by atomic mass is 31.2. The highest BCUT2D eigenvalue weighted by Crippen LogP contribution is 2.43. The normalized spacial score (nSPS) is 15.3. The third-order valence-corrected chi connectivity index (χ3v) is 10.4. The molecule has 0 saturated heterocycles. The number of esters is 2. The minimum absolute atomic E-state index is 0.0307. The number of aliphatic hydroxyl groups is 2. The molecular weight excluding hydrogens is 862 g/mol. The Hall–Kier alpha value is -3.00. The molecule has 0 saturated carbocycles. The Labute approximate surface area is 383 Å². The number of allylic oxidation sites excluding steroid dienone is 16. The molecule has 366 valence electrons. The number of rotatable bonds is 42. The smallest absolute Gasteiger partial charge is 0.462 e. The minimum atomic E-state index is -4.88. The zero-order valence-corrected chi connectivity index (χ0v) is 40.2. The zero-order valence-electron chi connectivity index (χ0n) is 38.5. The summed E-state index contributed by atoms with van der Waals surface area (Å²) in [5.74, 6) is -1.16. The van der Waals surface area contributed by atoms with Crippen LogP contribution >= 0.6 is 15.6 Å². The summed E-state index contributed by atoms with van der Waals surface area (Å²) in [5.41, 5.74) is 0. The van der Waals surface area contributed by atoms with E-state index in [0.29, 0.717) is 19.3 Å². The average molecular weight is 943 g/mol. The van der Waals surface area contributed by atoms with Crippen molar-refractivity contribution in [3.8, 4) is 0 Å². The maximum Gasteiger partial charge on any atom is 0.472 e. The van der Waals surface area contributed by atoms with Crippen LogP contribution in [0.4, 0.5) is 0 Å². The molecule has 0 rings (SSSR count). The Bertz CT molecular complexity index is 1510. The van der Waals surface area contributed by atoms with Gasteiger partial charge in [0.25, 0.3) is 0 Å². The van der Waals surface area contributed by atoms with Crippen LogP contribution in [0, 0.1) is 0 Å². The van der Waals surface area contributed by atoms with Crippen LogP contribution in [0.15, 0.2) is 97.2 Å². The van der Waals surface area contributed by atoms with Crippen LogP contribution in [0.5, 0.6) is 0 Å². The van der Waals surface area contributed by atoms with Crippen molar-refractivity contribution >= 4 is 27.6 Å². The van der Waals surface area contributed by atoms with Gasteiger partial charge < -0.3 is 34.4 Å². The predicted molar refractivity (Wildman–Crippen MR) is 254 cm³/mol. The summed E-state index contributed by atoms with van der Waals surface area (Å²) in [4.78, 5) is 52.7. The predicted octanol–water partition coefficient (Wildman–Crippen LogP) is 11.1. The van der Waals surface area contributed by atoms with Gasteiger partial charge in [0.05, 0.1) is 25.9 Å². The molecule has 16 heteroatoms. The van der Waals surface area contributed by atoms with E-state index in [-0.39, 0.29) is 18.9 Å². The van der Waals surface area contributed by atoms with Gasteiger partial charge >= 0.3 is 27.6 Å². The van der Waals surface area contributed by atoms with Gasteiger partial charge in [0, 0.05) is 12.8 Å². The molecular formula is C48H80O14P2. The van der Waals surface area contributed by atoms with Crippen molar-refractivity contribution in [3.63, 3.8) is 0 Å². The molecule has 0 aliphatic carbocycles. The third-order valence-electron chi connectivity index (χ3n) is 8.95. The highest BCUT2D eigenvalue weighted by Gasteiger charge is 2.28. The van der Waals surface area contributed by atoms with Crippen molar-refractivity contribution in [2.24, 2.45) is 0 Å². The number of hydrogen-bond donors (Lipinski definition) is 5. The standard InChI is InChI=1S/C48H80O14P2/c1-3-4-5-6-7-8-9-10-11-12-13-14-17-20-23-26-29-32-35-38-47(51)58-42-46(43-61-64(56,57)60-41-45(50)40-59-63(53,54)55)62-48(52)39-36-33-30-27-24-21-18-15-16-19-22-25-28-31-34-37-44(2)49/h7-8,10-11,13-14,16,18-21,23,25,27-28,30,44-46,49-50H,3-6,9,12,15,17,22,24,26,29,31-43H2,1-2H3,(H,56,57)(H2,53,54,55)/b8-7-,11-10-,14-13-,19-16-,21-18-,23-20-,28-25-,30-27-/t44-,45-,46+/m0/s1. The molecule has 0 aromatic carbocycles. The largest absolute Gasteiger partial charge is 0.472 e. The number of unbranched alkanes of at least 4 members (excludes halogenated alkanes) is 8. The van der Waals surface area contributed by atoms with E-state index >= 15 is 0 Å². The Morgan fingerprint density at radius 3 is 1.41 bits per heavy atom. The lowest BCUT2D eigenvalue weighted by Gasteiger charge is -2.20. The highest BCUT2D eigenvalue weighted by molar-refractivity contribution is 7.47. The van der Waals surface area contributed by atoms with E-state index in [2.05, 4.69) is 101 Å². The lowest BCUT2D eigenvalue weighted by molar-refractivity contribution is -0.161. The fourth-order valence-electron chi connectivity index (χ4n) is 5.46. The van der Waals surface area contributed by atoms with Crippen LogP contribution in [0.25, 0.3) is 0 Å². The van der Waals surface area contributed by atoms with Gasteiger partial charge in [-0.2, -0.15) is 0 Å². The molecule has 0 radical (unpaired) electrons. The number of phosphoric acid groups is 2. The first kappa shape index (κ1) is 61.0. The quantitative estimate of drug-likeness (QED) is 0.0167. The molecule has 0 bridgehead atoms. The molecule has 0 amide bonds. The maximum atomic E-state index is 12.7. The third kappa shape index (κ3) is 47.0. The summed E-state index contributed by atoms with van der Waals surface area (Å²) >= 11 is 0. The van der Waals surface area contributed by atoms with Gasteiger partial charge in [-0.25, -0.2) is 9.13 Å². The molecule has 0 spiro atoms. The van der Waals surface area contributed by atoms with Crippen LogP contribution in [0.1, 0.15) is 149 Å². The number of ether oxygens (including phenoxy) is 2. The van der Waals surface area contributed by atoms with Crippen molar-refractivity contribution in [1.29, 1.82) is 0 Å². The Morgan fingerprint density at radius 2 is 0.922 bits per heavy atom. The Morgan fingerprint density at radius 1 is 0.500 bits per heavy atom. The van der Waals surface area contributed by atoms with E-state index in [1.54, 1.807) is 6.92 Å². The van der Waals surface area contributed by atoms with Crippen LogP contribution in [0.3, 0.4) is 0 Å². The topological polar surface area (TPSA) is 216 Å². The van der Waals surface area contributed by atoms with Crippen LogP contribution in [-0.4, -0.2) is 81.6 Å². The van der Waals surface area contributed by atoms with Gasteiger partial charge in [0.15, 0.2) is 6.10 Å². The van der Waals surface area contributed by atoms with Crippen LogP contribution in [-0.2, 0) is 41.8 Å². The number of carbonyl (C=O) groups excluding carboxylic acids is 2. The minimum Gasteiger partial charge on any atom is -0.462 e. The molecule has 0 heterocycles. The lowest BCUT2D eigenvalue weighted by atomic mass is 10.1. The Kier molecular flexibility index (Phi) is 40.6. The van der Waals surface area contributed by atoms with E-state index in [4.69, 9.17) is 23.8 Å².